The third-order valence-electron chi connectivity index (χ3n) is 2.48. The van der Waals surface area contributed by atoms with Crippen molar-refractivity contribution in [2.75, 3.05) is 5.32 Å². The van der Waals surface area contributed by atoms with Gasteiger partial charge in [-0.15, -0.1) is 0 Å². The van der Waals surface area contributed by atoms with Crippen LogP contribution < -0.4 is 11.1 Å². The van der Waals surface area contributed by atoms with E-state index in [2.05, 4.69) is 53.1 Å². The molecule has 0 aliphatic carbocycles. The van der Waals surface area contributed by atoms with Crippen LogP contribution >= 0.6 is 60.0 Å². The zero-order valence-corrected chi connectivity index (χ0v) is 15.2. The van der Waals surface area contributed by atoms with Gasteiger partial charge in [0.2, 0.25) is 0 Å². The average molecular weight is 465 g/mol. The average Bonchev–Trinajstić information content (AvgIpc) is 2.35. The molecule has 0 amide bonds. The van der Waals surface area contributed by atoms with Crippen LogP contribution in [0.1, 0.15) is 5.56 Å². The Bertz CT molecular complexity index is 624. The Balaban J connectivity index is 2.36. The van der Waals surface area contributed by atoms with Crippen molar-refractivity contribution in [1.29, 1.82) is 0 Å². The van der Waals surface area contributed by atoms with Crippen molar-refractivity contribution in [2.45, 2.75) is 0 Å². The van der Waals surface area contributed by atoms with E-state index in [9.17, 15) is 0 Å². The summed E-state index contributed by atoms with van der Waals surface area (Å²) in [5.41, 5.74) is 8.34. The van der Waals surface area contributed by atoms with Crippen LogP contribution in [0.3, 0.4) is 0 Å². The Labute approximate surface area is 142 Å². The molecule has 0 fully saturated rings. The summed E-state index contributed by atoms with van der Waals surface area (Å²) in [6.45, 7) is 0. The first-order valence-corrected chi connectivity index (χ1v) is 8.08. The molecule has 2 aromatic rings. The first kappa shape index (κ1) is 15.0. The lowest BCUT2D eigenvalue weighted by Gasteiger charge is -2.13. The number of anilines is 2. The van der Waals surface area contributed by atoms with Gasteiger partial charge in [0, 0.05) is 19.0 Å². The topological polar surface area (TPSA) is 38.0 Å². The fourth-order valence-electron chi connectivity index (χ4n) is 1.52. The summed E-state index contributed by atoms with van der Waals surface area (Å²) in [4.78, 5) is 0.384. The molecule has 0 saturated heterocycles. The molecule has 0 aliphatic rings. The van der Waals surface area contributed by atoms with E-state index in [4.69, 9.17) is 18.0 Å². The second-order valence-electron chi connectivity index (χ2n) is 3.78. The van der Waals surface area contributed by atoms with Gasteiger partial charge in [0.05, 0.1) is 11.4 Å². The summed E-state index contributed by atoms with van der Waals surface area (Å²) in [6, 6.07) is 11.6. The minimum atomic E-state index is 0.384. The number of nitrogens with one attached hydrogen (secondary N) is 1. The monoisotopic (exact) mass is 462 g/mol. The second kappa shape index (κ2) is 6.35. The number of nitrogens with two attached hydrogens (primary N) is 1. The minimum absolute atomic E-state index is 0.384. The summed E-state index contributed by atoms with van der Waals surface area (Å²) in [5.74, 6) is 0. The number of benzene rings is 2. The number of halogens is 3. The highest BCUT2D eigenvalue weighted by Crippen LogP contribution is 2.35. The predicted molar refractivity (Wildman–Crippen MR) is 95.2 cm³/mol. The van der Waals surface area contributed by atoms with Crippen LogP contribution in [0.4, 0.5) is 11.4 Å². The second-order valence-corrected chi connectivity index (χ2v) is 6.78. The maximum Gasteiger partial charge on any atom is 0.104 e. The van der Waals surface area contributed by atoms with Crippen LogP contribution in [0.15, 0.2) is 49.8 Å². The molecule has 2 rings (SSSR count). The smallest absolute Gasteiger partial charge is 0.104 e. The molecule has 0 bridgehead atoms. The molecule has 3 N–H and O–H groups in total. The molecular formula is C13H9Br3N2S. The van der Waals surface area contributed by atoms with Crippen molar-refractivity contribution >= 4 is 76.4 Å². The van der Waals surface area contributed by atoms with Gasteiger partial charge < -0.3 is 11.1 Å². The van der Waals surface area contributed by atoms with E-state index >= 15 is 0 Å². The van der Waals surface area contributed by atoms with Gasteiger partial charge in [0.15, 0.2) is 0 Å². The molecule has 2 nitrogen and oxygen atoms in total. The lowest BCUT2D eigenvalue weighted by molar-refractivity contribution is 1.47. The Morgan fingerprint density at radius 1 is 1.00 bits per heavy atom. The lowest BCUT2D eigenvalue weighted by Crippen LogP contribution is -2.09. The predicted octanol–water partition coefficient (Wildman–Crippen LogP) is 5.35. The molecule has 98 valence electrons. The van der Waals surface area contributed by atoms with Gasteiger partial charge in [0.1, 0.15) is 4.99 Å². The summed E-state index contributed by atoms with van der Waals surface area (Å²) >= 11 is 15.5. The fourth-order valence-corrected chi connectivity index (χ4v) is 3.32. The largest absolute Gasteiger partial charge is 0.389 e. The first-order valence-electron chi connectivity index (χ1n) is 5.29. The molecular weight excluding hydrogens is 456 g/mol. The molecule has 0 aliphatic heterocycles. The summed E-state index contributed by atoms with van der Waals surface area (Å²) in [6.07, 6.45) is 0. The highest BCUT2D eigenvalue weighted by molar-refractivity contribution is 9.11. The number of hydrogen-bond donors (Lipinski definition) is 2. The van der Waals surface area contributed by atoms with E-state index in [1.54, 1.807) is 0 Å². The number of para-hydroxylation sites is 1. The maximum atomic E-state index is 5.61. The molecule has 19 heavy (non-hydrogen) atoms. The summed E-state index contributed by atoms with van der Waals surface area (Å²) in [5, 5.41) is 3.35. The van der Waals surface area contributed by atoms with E-state index in [-0.39, 0.29) is 0 Å². The van der Waals surface area contributed by atoms with Crippen molar-refractivity contribution < 1.29 is 0 Å². The van der Waals surface area contributed by atoms with Crippen LogP contribution in [0, 0.1) is 0 Å². The summed E-state index contributed by atoms with van der Waals surface area (Å²) < 4.78 is 2.86. The van der Waals surface area contributed by atoms with Crippen molar-refractivity contribution in [3.63, 3.8) is 0 Å². The van der Waals surface area contributed by atoms with Crippen LogP contribution in [0.25, 0.3) is 0 Å². The van der Waals surface area contributed by atoms with Gasteiger partial charge in [-0.2, -0.15) is 0 Å². The third-order valence-corrected chi connectivity index (χ3v) is 4.69. The van der Waals surface area contributed by atoms with Gasteiger partial charge >= 0.3 is 0 Å². The van der Waals surface area contributed by atoms with Crippen LogP contribution in [-0.2, 0) is 0 Å². The van der Waals surface area contributed by atoms with Crippen molar-refractivity contribution in [2.24, 2.45) is 5.73 Å². The zero-order chi connectivity index (χ0) is 14.0. The highest BCUT2D eigenvalue weighted by Gasteiger charge is 2.08. The van der Waals surface area contributed by atoms with Crippen molar-refractivity contribution in [3.05, 3.63) is 55.4 Å². The highest BCUT2D eigenvalue weighted by atomic mass is 79.9. The van der Waals surface area contributed by atoms with Crippen LogP contribution in [0.5, 0.6) is 0 Å². The molecule has 0 heterocycles. The van der Waals surface area contributed by atoms with Gasteiger partial charge in [-0.1, -0.05) is 18.3 Å². The van der Waals surface area contributed by atoms with Gasteiger partial charge in [-0.3, -0.25) is 0 Å². The first-order chi connectivity index (χ1) is 8.99. The quantitative estimate of drug-likeness (QED) is 0.601. The van der Waals surface area contributed by atoms with Crippen LogP contribution in [0.2, 0.25) is 0 Å². The Hall–Kier alpha value is -0.430. The Morgan fingerprint density at radius 2 is 1.63 bits per heavy atom. The minimum Gasteiger partial charge on any atom is -0.389 e. The molecule has 0 radical (unpaired) electrons. The van der Waals surface area contributed by atoms with E-state index in [1.807, 2.05) is 36.4 Å². The zero-order valence-electron chi connectivity index (χ0n) is 9.58. The standard InChI is InChI=1S/C13H9Br3N2S/c14-8-2-1-3-9(15)12(8)18-11-5-4-7(13(17)19)6-10(11)16/h1-6,18H,(H2,17,19). The van der Waals surface area contributed by atoms with Crippen LogP contribution in [-0.4, -0.2) is 4.99 Å². The molecule has 0 aromatic heterocycles. The van der Waals surface area contributed by atoms with E-state index in [0.29, 0.717) is 4.99 Å². The molecule has 2 aromatic carbocycles. The van der Waals surface area contributed by atoms with Gasteiger partial charge in [-0.05, 0) is 78.1 Å². The molecule has 0 spiro atoms. The molecule has 0 atom stereocenters. The Kier molecular flexibility index (Phi) is 5.00. The van der Waals surface area contributed by atoms with Crippen molar-refractivity contribution in [3.8, 4) is 0 Å². The van der Waals surface area contributed by atoms with E-state index < -0.39 is 0 Å². The molecule has 0 unspecified atom stereocenters. The Morgan fingerprint density at radius 3 is 2.16 bits per heavy atom. The SMILES string of the molecule is NC(=S)c1ccc(Nc2c(Br)cccc2Br)c(Br)c1. The molecule has 6 heteroatoms. The van der Waals surface area contributed by atoms with Gasteiger partial charge in [-0.25, -0.2) is 0 Å². The maximum absolute atomic E-state index is 5.61. The van der Waals surface area contributed by atoms with Crippen molar-refractivity contribution in [1.82, 2.24) is 0 Å². The number of rotatable bonds is 3. The van der Waals surface area contributed by atoms with E-state index in [0.717, 1.165) is 30.4 Å². The normalized spacial score (nSPS) is 10.3. The lowest BCUT2D eigenvalue weighted by atomic mass is 10.2. The number of hydrogen-bond acceptors (Lipinski definition) is 2. The van der Waals surface area contributed by atoms with E-state index in [1.165, 1.54) is 0 Å². The van der Waals surface area contributed by atoms with Gasteiger partial charge in [0.25, 0.3) is 0 Å². The fraction of sp³-hybridized carbons (Fsp3) is 0. The number of thiocarbonyl (C=S) groups is 1. The third kappa shape index (κ3) is 3.56. The molecule has 0 saturated carbocycles. The summed E-state index contributed by atoms with van der Waals surface area (Å²) in [7, 11) is 0.